The number of fused-ring (bicyclic) bond motifs is 1. The molecule has 3 aliphatic carbocycles. The van der Waals surface area contributed by atoms with Gasteiger partial charge in [-0.05, 0) is 94.7 Å². The summed E-state index contributed by atoms with van der Waals surface area (Å²) in [5, 5.41) is 0. The molecule has 0 bridgehead atoms. The molecule has 5 rings (SSSR count). The van der Waals surface area contributed by atoms with Crippen LogP contribution in [-0.2, 0) is 6.42 Å². The first kappa shape index (κ1) is 24.8. The Bertz CT molecular complexity index is 1080. The highest BCUT2D eigenvalue weighted by Crippen LogP contribution is 2.47. The first-order valence-corrected chi connectivity index (χ1v) is 14.0. The Kier molecular flexibility index (Phi) is 6.74. The van der Waals surface area contributed by atoms with E-state index in [0.29, 0.717) is 17.8 Å². The maximum absolute atomic E-state index is 4.30. The fourth-order valence-corrected chi connectivity index (χ4v) is 7.67. The van der Waals surface area contributed by atoms with Gasteiger partial charge >= 0.3 is 0 Å². The van der Waals surface area contributed by atoms with E-state index >= 15 is 0 Å². The molecular weight excluding hydrogens is 424 g/mol. The van der Waals surface area contributed by atoms with Gasteiger partial charge in [-0.15, -0.1) is 0 Å². The highest BCUT2D eigenvalue weighted by molar-refractivity contribution is 5.72. The van der Waals surface area contributed by atoms with Crippen LogP contribution in [0.25, 0.3) is 5.57 Å². The Hall–Kier alpha value is -1.90. The Morgan fingerprint density at radius 2 is 1.66 bits per heavy atom. The second-order valence-electron chi connectivity index (χ2n) is 12.6. The van der Waals surface area contributed by atoms with Gasteiger partial charge < -0.3 is 9.80 Å². The maximum atomic E-state index is 4.30. The van der Waals surface area contributed by atoms with Crippen molar-refractivity contribution in [3.8, 4) is 0 Å². The minimum Gasteiger partial charge on any atom is -0.300 e. The second-order valence-corrected chi connectivity index (χ2v) is 12.6. The Labute approximate surface area is 214 Å². The van der Waals surface area contributed by atoms with Crippen molar-refractivity contribution in [1.82, 2.24) is 9.80 Å². The lowest BCUT2D eigenvalue weighted by molar-refractivity contribution is 0.0694. The quantitative estimate of drug-likeness (QED) is 0.435. The molecule has 35 heavy (non-hydrogen) atoms. The van der Waals surface area contributed by atoms with Crippen LogP contribution in [0, 0.1) is 24.2 Å². The number of allylic oxidation sites excluding steroid dienone is 6. The van der Waals surface area contributed by atoms with Crippen LogP contribution in [0.4, 0.5) is 0 Å². The van der Waals surface area contributed by atoms with E-state index in [0.717, 1.165) is 12.8 Å². The molecule has 0 N–H and O–H groups in total. The van der Waals surface area contributed by atoms with E-state index in [2.05, 4.69) is 81.9 Å². The highest BCUT2D eigenvalue weighted by Gasteiger charge is 2.39. The molecule has 1 saturated heterocycles. The molecule has 3 unspecified atom stereocenters. The molecule has 2 nitrogen and oxygen atoms in total. The van der Waals surface area contributed by atoms with Gasteiger partial charge in [-0.1, -0.05) is 70.7 Å². The second kappa shape index (κ2) is 9.52. The smallest absolute Gasteiger partial charge is 0.0110 e. The van der Waals surface area contributed by atoms with E-state index in [-0.39, 0.29) is 5.41 Å². The lowest BCUT2D eigenvalue weighted by atomic mass is 9.67. The van der Waals surface area contributed by atoms with Crippen LogP contribution in [0.5, 0.6) is 0 Å². The largest absolute Gasteiger partial charge is 0.300 e. The molecule has 2 heteroatoms. The van der Waals surface area contributed by atoms with Crippen molar-refractivity contribution in [1.29, 1.82) is 0 Å². The van der Waals surface area contributed by atoms with Crippen LogP contribution in [0.2, 0.25) is 0 Å². The van der Waals surface area contributed by atoms with E-state index < -0.39 is 0 Å². The van der Waals surface area contributed by atoms with Crippen molar-refractivity contribution in [2.75, 3.05) is 39.3 Å². The summed E-state index contributed by atoms with van der Waals surface area (Å²) in [4.78, 5) is 5.43. The SMILES string of the molecule is C=C1CCC2=C1C=CC(C(C)(C)CN1CCN(CC(C)c3ccc4c(c3C)CCC4=C)CC1)C2C. The van der Waals surface area contributed by atoms with Crippen molar-refractivity contribution < 1.29 is 0 Å². The Morgan fingerprint density at radius 3 is 2.40 bits per heavy atom. The Balaban J connectivity index is 1.15. The zero-order chi connectivity index (χ0) is 24.9. The van der Waals surface area contributed by atoms with Crippen LogP contribution in [0.3, 0.4) is 0 Å². The normalized spacial score (nSPS) is 26.4. The van der Waals surface area contributed by atoms with Gasteiger partial charge in [-0.3, -0.25) is 0 Å². The first-order chi connectivity index (χ1) is 16.7. The fraction of sp³-hybridized carbons (Fsp3) is 0.576. The summed E-state index contributed by atoms with van der Waals surface area (Å²) in [6, 6.07) is 4.72. The lowest BCUT2D eigenvalue weighted by Crippen LogP contribution is -2.51. The number of rotatable bonds is 6. The molecule has 1 aromatic carbocycles. The third-order valence-electron chi connectivity index (χ3n) is 9.74. The van der Waals surface area contributed by atoms with Gasteiger partial charge in [0.25, 0.3) is 0 Å². The molecule has 1 fully saturated rings. The van der Waals surface area contributed by atoms with Gasteiger partial charge in [0.15, 0.2) is 0 Å². The van der Waals surface area contributed by atoms with Crippen molar-refractivity contribution in [3.05, 3.63) is 76.4 Å². The van der Waals surface area contributed by atoms with E-state index in [9.17, 15) is 0 Å². The molecule has 1 heterocycles. The summed E-state index contributed by atoms with van der Waals surface area (Å²) in [7, 11) is 0. The van der Waals surface area contributed by atoms with Gasteiger partial charge in [0, 0.05) is 39.3 Å². The molecule has 1 aromatic rings. The van der Waals surface area contributed by atoms with Gasteiger partial charge in [-0.2, -0.15) is 0 Å². The van der Waals surface area contributed by atoms with E-state index in [1.165, 1.54) is 80.0 Å². The van der Waals surface area contributed by atoms with Gasteiger partial charge in [0.05, 0.1) is 0 Å². The molecule has 0 spiro atoms. The van der Waals surface area contributed by atoms with E-state index in [1.54, 1.807) is 16.7 Å². The number of hydrogen-bond acceptors (Lipinski definition) is 2. The highest BCUT2D eigenvalue weighted by atomic mass is 15.3. The average molecular weight is 471 g/mol. The minimum absolute atomic E-state index is 0.277. The first-order valence-electron chi connectivity index (χ1n) is 14.0. The molecule has 0 aromatic heterocycles. The van der Waals surface area contributed by atoms with E-state index in [1.807, 2.05) is 0 Å². The fourth-order valence-electron chi connectivity index (χ4n) is 7.67. The van der Waals surface area contributed by atoms with Gasteiger partial charge in [0.2, 0.25) is 0 Å². The summed E-state index contributed by atoms with van der Waals surface area (Å²) in [5.74, 6) is 1.83. The predicted molar refractivity (Wildman–Crippen MR) is 151 cm³/mol. The molecule has 0 amide bonds. The van der Waals surface area contributed by atoms with Crippen LogP contribution in [0.15, 0.2) is 54.2 Å². The third-order valence-corrected chi connectivity index (χ3v) is 9.74. The van der Waals surface area contributed by atoms with Gasteiger partial charge in [0.1, 0.15) is 0 Å². The zero-order valence-electron chi connectivity index (χ0n) is 22.9. The average Bonchev–Trinajstić information content (AvgIpc) is 3.39. The predicted octanol–water partition coefficient (Wildman–Crippen LogP) is 7.17. The summed E-state index contributed by atoms with van der Waals surface area (Å²) < 4.78 is 0. The maximum Gasteiger partial charge on any atom is 0.0110 e. The van der Waals surface area contributed by atoms with Crippen molar-refractivity contribution in [2.45, 2.75) is 66.2 Å². The molecule has 4 aliphatic rings. The summed E-state index contributed by atoms with van der Waals surface area (Å²) in [6.45, 7) is 27.9. The summed E-state index contributed by atoms with van der Waals surface area (Å²) in [5.41, 5.74) is 12.1. The monoisotopic (exact) mass is 470 g/mol. The molecule has 3 atom stereocenters. The van der Waals surface area contributed by atoms with Crippen LogP contribution < -0.4 is 0 Å². The molecule has 188 valence electrons. The minimum atomic E-state index is 0.277. The zero-order valence-corrected chi connectivity index (χ0v) is 22.9. The summed E-state index contributed by atoms with van der Waals surface area (Å²) in [6.07, 6.45) is 9.60. The molecule has 0 saturated carbocycles. The third kappa shape index (κ3) is 4.65. The topological polar surface area (TPSA) is 6.48 Å². The Morgan fingerprint density at radius 1 is 0.971 bits per heavy atom. The number of benzene rings is 1. The van der Waals surface area contributed by atoms with Gasteiger partial charge in [-0.25, -0.2) is 0 Å². The van der Waals surface area contributed by atoms with Crippen LogP contribution >= 0.6 is 0 Å². The standard InChI is InChI=1S/C33H46N2/c1-22-8-10-30-25(4)27(12-13-28(22)30)24(3)20-34-16-18-35(19-17-34)21-33(6,7)32-15-14-29-23(2)9-11-31(29)26(32)5/h12-15,24,26,32H,1-2,8-11,16-21H2,3-7H3. The molecular formula is C33H46N2. The van der Waals surface area contributed by atoms with E-state index in [4.69, 9.17) is 0 Å². The lowest BCUT2D eigenvalue weighted by Gasteiger charge is -2.44. The van der Waals surface area contributed by atoms with Crippen LogP contribution in [-0.4, -0.2) is 49.1 Å². The van der Waals surface area contributed by atoms with Crippen molar-refractivity contribution in [2.24, 2.45) is 17.3 Å². The van der Waals surface area contributed by atoms with Crippen LogP contribution in [0.1, 0.15) is 75.1 Å². The number of hydrogen-bond donors (Lipinski definition) is 0. The molecule has 1 aliphatic heterocycles. The number of piperazine rings is 1. The number of nitrogens with zero attached hydrogens (tertiary/aromatic N) is 2. The van der Waals surface area contributed by atoms with Crippen molar-refractivity contribution >= 4 is 5.57 Å². The summed E-state index contributed by atoms with van der Waals surface area (Å²) >= 11 is 0. The van der Waals surface area contributed by atoms with Crippen molar-refractivity contribution in [3.63, 3.8) is 0 Å². The molecule has 0 radical (unpaired) electrons.